The lowest BCUT2D eigenvalue weighted by atomic mass is 10.1. The predicted molar refractivity (Wildman–Crippen MR) is 91.1 cm³/mol. The van der Waals surface area contributed by atoms with E-state index in [9.17, 15) is 20.1 Å². The number of rotatable bonds is 7. The molecule has 4 atom stereocenters. The lowest BCUT2D eigenvalue weighted by Crippen LogP contribution is -2.33. The van der Waals surface area contributed by atoms with E-state index >= 15 is 0 Å². The van der Waals surface area contributed by atoms with E-state index in [4.69, 9.17) is 4.74 Å². The quantitative estimate of drug-likeness (QED) is 0.501. The number of hydrogen-bond acceptors (Lipinski definition) is 8. The Labute approximate surface area is 149 Å². The van der Waals surface area contributed by atoms with Crippen molar-refractivity contribution in [2.45, 2.75) is 57.1 Å². The van der Waals surface area contributed by atoms with Gasteiger partial charge in [0.1, 0.15) is 24.6 Å². The number of imidazole rings is 1. The summed E-state index contributed by atoms with van der Waals surface area (Å²) in [4.78, 5) is 24.5. The normalized spacial score (nSPS) is 25.7. The van der Waals surface area contributed by atoms with Crippen molar-refractivity contribution in [2.24, 2.45) is 0 Å². The fourth-order valence-corrected chi connectivity index (χ4v) is 2.97. The first-order valence-electron chi connectivity index (χ1n) is 8.66. The summed E-state index contributed by atoms with van der Waals surface area (Å²) in [6, 6.07) is 0. The van der Waals surface area contributed by atoms with Gasteiger partial charge in [0.15, 0.2) is 23.2 Å². The molecule has 0 aromatic carbocycles. The van der Waals surface area contributed by atoms with Gasteiger partial charge < -0.3 is 25.4 Å². The summed E-state index contributed by atoms with van der Waals surface area (Å²) in [5.74, 6) is 0.128. The SMILES string of the molecule is CCCCCC(=O)Nc1ncnc2c1ncn2[C@@H]1O[C@H](CO)[C@@H](O)[C@H]1O. The number of aliphatic hydroxyl groups is 3. The number of nitrogens with zero attached hydrogens (tertiary/aromatic N) is 4. The lowest BCUT2D eigenvalue weighted by molar-refractivity contribution is -0.116. The van der Waals surface area contributed by atoms with Gasteiger partial charge in [0.25, 0.3) is 0 Å². The fraction of sp³-hybridized carbons (Fsp3) is 0.625. The molecule has 0 spiro atoms. The molecule has 0 unspecified atom stereocenters. The largest absolute Gasteiger partial charge is 0.394 e. The van der Waals surface area contributed by atoms with Gasteiger partial charge in [-0.1, -0.05) is 19.8 Å². The number of aliphatic hydroxyl groups excluding tert-OH is 3. The number of carbonyl (C=O) groups is 1. The number of hydrogen-bond donors (Lipinski definition) is 4. The number of fused-ring (bicyclic) bond motifs is 1. The topological polar surface area (TPSA) is 143 Å². The minimum absolute atomic E-state index is 0.152. The van der Waals surface area contributed by atoms with Crippen LogP contribution in [0.3, 0.4) is 0 Å². The van der Waals surface area contributed by atoms with Crippen LogP contribution in [-0.4, -0.2) is 65.7 Å². The molecular weight excluding hydrogens is 342 g/mol. The second kappa shape index (κ2) is 8.04. The third-order valence-electron chi connectivity index (χ3n) is 4.42. The van der Waals surface area contributed by atoms with E-state index in [1.807, 2.05) is 0 Å². The van der Waals surface area contributed by atoms with E-state index in [0.717, 1.165) is 19.3 Å². The summed E-state index contributed by atoms with van der Waals surface area (Å²) in [5, 5.41) is 32.0. The molecular formula is C16H23N5O5. The number of carbonyl (C=O) groups excluding carboxylic acids is 1. The average molecular weight is 365 g/mol. The van der Waals surface area contributed by atoms with E-state index < -0.39 is 31.1 Å². The molecule has 1 aliphatic heterocycles. The highest BCUT2D eigenvalue weighted by Gasteiger charge is 2.44. The molecule has 1 fully saturated rings. The van der Waals surface area contributed by atoms with Crippen LogP contribution < -0.4 is 5.32 Å². The number of ether oxygens (including phenoxy) is 1. The predicted octanol–water partition coefficient (Wildman–Crippen LogP) is -0.0434. The highest BCUT2D eigenvalue weighted by Crippen LogP contribution is 2.32. The van der Waals surface area contributed by atoms with Crippen molar-refractivity contribution in [1.82, 2.24) is 19.5 Å². The summed E-state index contributed by atoms with van der Waals surface area (Å²) in [5.41, 5.74) is 0.702. The molecule has 0 bridgehead atoms. The molecule has 2 aromatic rings. The maximum atomic E-state index is 12.0. The molecule has 0 aliphatic carbocycles. The van der Waals surface area contributed by atoms with Crippen molar-refractivity contribution in [2.75, 3.05) is 11.9 Å². The zero-order valence-electron chi connectivity index (χ0n) is 14.4. The third kappa shape index (κ3) is 3.54. The van der Waals surface area contributed by atoms with Crippen molar-refractivity contribution >= 4 is 22.9 Å². The van der Waals surface area contributed by atoms with Crippen LogP contribution in [0.4, 0.5) is 5.82 Å². The summed E-state index contributed by atoms with van der Waals surface area (Å²) in [6.07, 6.45) is 1.57. The van der Waals surface area contributed by atoms with Crippen LogP contribution in [0.15, 0.2) is 12.7 Å². The minimum atomic E-state index is -1.24. The van der Waals surface area contributed by atoms with Crippen LogP contribution in [-0.2, 0) is 9.53 Å². The van der Waals surface area contributed by atoms with Crippen molar-refractivity contribution in [3.8, 4) is 0 Å². The monoisotopic (exact) mass is 365 g/mol. The molecule has 1 saturated heterocycles. The van der Waals surface area contributed by atoms with Gasteiger partial charge in [0, 0.05) is 6.42 Å². The molecule has 0 saturated carbocycles. The molecule has 1 amide bonds. The highest BCUT2D eigenvalue weighted by atomic mass is 16.6. The first-order chi connectivity index (χ1) is 12.6. The number of anilines is 1. The molecule has 4 N–H and O–H groups in total. The molecule has 2 aromatic heterocycles. The Morgan fingerprint density at radius 2 is 2.08 bits per heavy atom. The second-order valence-corrected chi connectivity index (χ2v) is 6.28. The standard InChI is InChI=1S/C16H23N5O5/c1-2-3-4-5-10(23)20-14-11-15(18-7-17-14)21(8-19-11)16-13(25)12(24)9(6-22)26-16/h7-9,12-13,16,22,24-25H,2-6H2,1H3,(H,17,18,20,23)/t9-,12-,13-,16-/m1/s1. The number of amides is 1. The second-order valence-electron chi connectivity index (χ2n) is 6.28. The van der Waals surface area contributed by atoms with E-state index in [-0.39, 0.29) is 11.7 Å². The Morgan fingerprint density at radius 3 is 2.77 bits per heavy atom. The van der Waals surface area contributed by atoms with Crippen LogP contribution in [0.2, 0.25) is 0 Å². The summed E-state index contributed by atoms with van der Waals surface area (Å²) in [6.45, 7) is 1.64. The zero-order valence-corrected chi connectivity index (χ0v) is 14.4. The van der Waals surface area contributed by atoms with Gasteiger partial charge in [0.2, 0.25) is 5.91 Å². The van der Waals surface area contributed by atoms with Crippen LogP contribution in [0.5, 0.6) is 0 Å². The van der Waals surface area contributed by atoms with Gasteiger partial charge in [-0.15, -0.1) is 0 Å². The van der Waals surface area contributed by atoms with Gasteiger partial charge in [-0.2, -0.15) is 0 Å². The lowest BCUT2D eigenvalue weighted by Gasteiger charge is -2.16. The average Bonchev–Trinajstić information content (AvgIpc) is 3.18. The molecule has 0 radical (unpaired) electrons. The summed E-state index contributed by atoms with van der Waals surface area (Å²) < 4.78 is 6.95. The first kappa shape index (κ1) is 18.6. The third-order valence-corrected chi connectivity index (χ3v) is 4.42. The van der Waals surface area contributed by atoms with Gasteiger partial charge in [-0.25, -0.2) is 15.0 Å². The number of nitrogens with one attached hydrogen (secondary N) is 1. The van der Waals surface area contributed by atoms with Crippen LogP contribution >= 0.6 is 0 Å². The first-order valence-corrected chi connectivity index (χ1v) is 8.66. The van der Waals surface area contributed by atoms with Crippen molar-refractivity contribution < 1.29 is 24.9 Å². The number of unbranched alkanes of at least 4 members (excludes halogenated alkanes) is 2. The molecule has 26 heavy (non-hydrogen) atoms. The Morgan fingerprint density at radius 1 is 1.27 bits per heavy atom. The van der Waals surface area contributed by atoms with Crippen molar-refractivity contribution in [1.29, 1.82) is 0 Å². The molecule has 10 heteroatoms. The fourth-order valence-electron chi connectivity index (χ4n) is 2.97. The molecule has 3 rings (SSSR count). The van der Waals surface area contributed by atoms with Gasteiger partial charge >= 0.3 is 0 Å². The Kier molecular flexibility index (Phi) is 5.77. The minimum Gasteiger partial charge on any atom is -0.394 e. The Balaban J connectivity index is 1.82. The smallest absolute Gasteiger partial charge is 0.225 e. The Bertz CT molecular complexity index is 767. The molecule has 10 nitrogen and oxygen atoms in total. The maximum Gasteiger partial charge on any atom is 0.225 e. The maximum absolute atomic E-state index is 12.0. The zero-order chi connectivity index (χ0) is 18.7. The number of aromatic nitrogens is 4. The highest BCUT2D eigenvalue weighted by molar-refractivity contribution is 5.96. The van der Waals surface area contributed by atoms with Gasteiger partial charge in [-0.3, -0.25) is 9.36 Å². The van der Waals surface area contributed by atoms with Crippen LogP contribution in [0.1, 0.15) is 38.8 Å². The van der Waals surface area contributed by atoms with E-state index in [2.05, 4.69) is 27.2 Å². The van der Waals surface area contributed by atoms with Crippen molar-refractivity contribution in [3.63, 3.8) is 0 Å². The van der Waals surface area contributed by atoms with E-state index in [1.54, 1.807) is 0 Å². The summed E-state index contributed by atoms with van der Waals surface area (Å²) >= 11 is 0. The van der Waals surface area contributed by atoms with E-state index in [0.29, 0.717) is 17.6 Å². The van der Waals surface area contributed by atoms with Gasteiger partial charge in [-0.05, 0) is 6.42 Å². The molecule has 1 aliphatic rings. The van der Waals surface area contributed by atoms with Crippen LogP contribution in [0, 0.1) is 0 Å². The van der Waals surface area contributed by atoms with Crippen molar-refractivity contribution in [3.05, 3.63) is 12.7 Å². The van der Waals surface area contributed by atoms with E-state index in [1.165, 1.54) is 17.2 Å². The summed E-state index contributed by atoms with van der Waals surface area (Å²) in [7, 11) is 0. The molecule has 142 valence electrons. The van der Waals surface area contributed by atoms with Gasteiger partial charge in [0.05, 0.1) is 12.9 Å². The Hall–Kier alpha value is -2.14. The molecule has 3 heterocycles. The van der Waals surface area contributed by atoms with Crippen LogP contribution in [0.25, 0.3) is 11.2 Å².